The van der Waals surface area contributed by atoms with Crippen LogP contribution in [-0.2, 0) is 21.4 Å². The number of rotatable bonds is 6. The first-order valence-electron chi connectivity index (χ1n) is 10.1. The van der Waals surface area contributed by atoms with E-state index in [9.17, 15) is 13.2 Å². The van der Waals surface area contributed by atoms with Gasteiger partial charge in [-0.1, -0.05) is 29.8 Å². The van der Waals surface area contributed by atoms with E-state index in [-0.39, 0.29) is 23.2 Å². The number of aromatic nitrogens is 1. The number of carbonyl (C=O) groups is 1. The molecule has 10 heteroatoms. The summed E-state index contributed by atoms with van der Waals surface area (Å²) in [5.74, 6) is -0.157. The Hall–Kier alpha value is -2.64. The van der Waals surface area contributed by atoms with Gasteiger partial charge >= 0.3 is 0 Å². The van der Waals surface area contributed by atoms with Gasteiger partial charge in [0.1, 0.15) is 4.21 Å². The monoisotopic (exact) mass is 488 g/mol. The Bertz CT molecular complexity index is 1310. The average Bonchev–Trinajstić information content (AvgIpc) is 3.40. The van der Waals surface area contributed by atoms with Crippen LogP contribution in [0.3, 0.4) is 0 Å². The van der Waals surface area contributed by atoms with Gasteiger partial charge in [0.05, 0.1) is 16.8 Å². The van der Waals surface area contributed by atoms with Crippen LogP contribution < -0.4 is 0 Å². The number of nitriles is 1. The number of amides is 1. The lowest BCUT2D eigenvalue weighted by Gasteiger charge is -2.33. The van der Waals surface area contributed by atoms with Crippen LogP contribution in [0, 0.1) is 11.3 Å². The number of piperazine rings is 1. The number of hydrogen-bond donors (Lipinski definition) is 0. The molecule has 1 fully saturated rings. The van der Waals surface area contributed by atoms with Crippen molar-refractivity contribution in [2.24, 2.45) is 0 Å². The number of aryl methyl sites for hydroxylation is 1. The molecule has 7 nitrogen and oxygen atoms in total. The van der Waals surface area contributed by atoms with Gasteiger partial charge in [-0.25, -0.2) is 8.42 Å². The van der Waals surface area contributed by atoms with Gasteiger partial charge in [0.2, 0.25) is 5.91 Å². The number of fused-ring (bicyclic) bond motifs is 1. The smallest absolute Gasteiger partial charge is 0.252 e. The van der Waals surface area contributed by atoms with E-state index in [0.717, 1.165) is 27.8 Å². The van der Waals surface area contributed by atoms with Crippen LogP contribution in [0.2, 0.25) is 4.34 Å². The minimum Gasteiger partial charge on any atom is -0.346 e. The first-order valence-corrected chi connectivity index (χ1v) is 12.7. The van der Waals surface area contributed by atoms with Crippen LogP contribution in [0.15, 0.2) is 52.9 Å². The highest BCUT2D eigenvalue weighted by Gasteiger charge is 2.30. The van der Waals surface area contributed by atoms with Gasteiger partial charge in [-0.05, 0) is 24.3 Å². The number of nitrogens with zero attached hydrogens (tertiary/aromatic N) is 4. The normalized spacial score (nSPS) is 15.4. The fourth-order valence-electron chi connectivity index (χ4n) is 3.74. The predicted octanol–water partition coefficient (Wildman–Crippen LogP) is 3.82. The van der Waals surface area contributed by atoms with Crippen molar-refractivity contribution in [1.82, 2.24) is 13.8 Å². The van der Waals surface area contributed by atoms with Gasteiger partial charge in [0.15, 0.2) is 0 Å². The maximum Gasteiger partial charge on any atom is 0.252 e. The molecular weight excluding hydrogens is 468 g/mol. The molecule has 1 amide bonds. The minimum absolute atomic E-state index is 0.157. The molecule has 2 aromatic heterocycles. The molecule has 0 atom stereocenters. The van der Waals surface area contributed by atoms with Gasteiger partial charge in [0.25, 0.3) is 10.0 Å². The van der Waals surface area contributed by atoms with Crippen molar-refractivity contribution in [1.29, 1.82) is 5.26 Å². The molecule has 0 N–H and O–H groups in total. The standard InChI is InChI=1S/C22H21ClN4O3S2/c23-20-7-9-22(31-20)32(29,30)27-14-12-25(13-15-27)21(28)8-6-17-16-26(11-3-10-24)19-5-2-1-4-18(17)19/h1-2,4-9,16H,3,11-15H2/b8-6+. The number of benzene rings is 1. The molecule has 1 saturated heterocycles. The molecular formula is C22H21ClN4O3S2. The number of sulfonamides is 1. The Morgan fingerprint density at radius 2 is 1.91 bits per heavy atom. The molecule has 0 aliphatic carbocycles. The predicted molar refractivity (Wildman–Crippen MR) is 126 cm³/mol. The van der Waals surface area contributed by atoms with Crippen molar-refractivity contribution >= 4 is 55.8 Å². The second kappa shape index (κ2) is 9.46. The zero-order valence-corrected chi connectivity index (χ0v) is 19.5. The second-order valence-corrected chi connectivity index (χ2v) is 11.2. The third kappa shape index (κ3) is 4.59. The number of para-hydroxylation sites is 1. The summed E-state index contributed by atoms with van der Waals surface area (Å²) in [4.78, 5) is 14.4. The largest absolute Gasteiger partial charge is 0.346 e. The molecule has 0 unspecified atom stereocenters. The highest BCUT2D eigenvalue weighted by molar-refractivity contribution is 7.91. The summed E-state index contributed by atoms with van der Waals surface area (Å²) in [5, 5.41) is 9.90. The van der Waals surface area contributed by atoms with Gasteiger partial charge in [-0.15, -0.1) is 11.3 Å². The van der Waals surface area contributed by atoms with Crippen LogP contribution in [0.5, 0.6) is 0 Å². The summed E-state index contributed by atoms with van der Waals surface area (Å²) in [6.45, 7) is 1.72. The van der Waals surface area contributed by atoms with Crippen molar-refractivity contribution < 1.29 is 13.2 Å². The number of hydrogen-bond acceptors (Lipinski definition) is 5. The molecule has 1 aromatic carbocycles. The lowest BCUT2D eigenvalue weighted by atomic mass is 10.1. The van der Waals surface area contributed by atoms with Crippen molar-refractivity contribution in [2.45, 2.75) is 17.2 Å². The maximum atomic E-state index is 12.7. The molecule has 4 rings (SSSR count). The third-order valence-corrected chi connectivity index (χ3v) is 8.98. The van der Waals surface area contributed by atoms with Crippen molar-refractivity contribution in [3.63, 3.8) is 0 Å². The quantitative estimate of drug-likeness (QED) is 0.493. The lowest BCUT2D eigenvalue weighted by molar-refractivity contribution is -0.127. The summed E-state index contributed by atoms with van der Waals surface area (Å²) >= 11 is 6.91. The molecule has 1 aliphatic heterocycles. The van der Waals surface area contributed by atoms with Crippen LogP contribution in [0.25, 0.3) is 17.0 Å². The number of carbonyl (C=O) groups excluding carboxylic acids is 1. The summed E-state index contributed by atoms with van der Waals surface area (Å²) in [7, 11) is -3.59. The van der Waals surface area contributed by atoms with E-state index in [4.69, 9.17) is 16.9 Å². The van der Waals surface area contributed by atoms with E-state index in [1.54, 1.807) is 17.0 Å². The van der Waals surface area contributed by atoms with Gasteiger partial charge in [-0.2, -0.15) is 9.57 Å². The maximum absolute atomic E-state index is 12.7. The summed E-state index contributed by atoms with van der Waals surface area (Å²) in [5.41, 5.74) is 1.92. The molecule has 0 saturated carbocycles. The SMILES string of the molecule is N#CCCn1cc(/C=C/C(=O)N2CCN(S(=O)(=O)c3ccc(Cl)s3)CC2)c2ccccc21. The molecule has 1 aliphatic rings. The Labute approximate surface area is 195 Å². The summed E-state index contributed by atoms with van der Waals surface area (Å²) in [6, 6.07) is 13.1. The molecule has 166 valence electrons. The van der Waals surface area contributed by atoms with E-state index in [1.165, 1.54) is 16.4 Å². The second-order valence-electron chi connectivity index (χ2n) is 7.32. The van der Waals surface area contributed by atoms with E-state index in [1.807, 2.05) is 35.0 Å². The van der Waals surface area contributed by atoms with Crippen molar-refractivity contribution in [2.75, 3.05) is 26.2 Å². The van der Waals surface area contributed by atoms with E-state index in [2.05, 4.69) is 6.07 Å². The van der Waals surface area contributed by atoms with E-state index >= 15 is 0 Å². The summed E-state index contributed by atoms with van der Waals surface area (Å²) in [6.07, 6.45) is 5.66. The minimum atomic E-state index is -3.59. The average molecular weight is 489 g/mol. The molecule has 3 heterocycles. The number of halogens is 1. The topological polar surface area (TPSA) is 86.4 Å². The van der Waals surface area contributed by atoms with Crippen LogP contribution >= 0.6 is 22.9 Å². The Kier molecular flexibility index (Phi) is 6.67. The van der Waals surface area contributed by atoms with Crippen LogP contribution in [0.4, 0.5) is 0 Å². The third-order valence-electron chi connectivity index (χ3n) is 5.38. The van der Waals surface area contributed by atoms with Gasteiger partial charge < -0.3 is 9.47 Å². The van der Waals surface area contributed by atoms with E-state index < -0.39 is 10.0 Å². The fraction of sp³-hybridized carbons (Fsp3) is 0.273. The highest BCUT2D eigenvalue weighted by atomic mass is 35.5. The first-order chi connectivity index (χ1) is 15.4. The molecule has 0 bridgehead atoms. The summed E-state index contributed by atoms with van der Waals surface area (Å²) < 4.78 is 29.5. The lowest BCUT2D eigenvalue weighted by Crippen LogP contribution is -2.50. The molecule has 3 aromatic rings. The number of thiophene rings is 1. The van der Waals surface area contributed by atoms with Crippen LogP contribution in [0.1, 0.15) is 12.0 Å². The molecule has 0 radical (unpaired) electrons. The van der Waals surface area contributed by atoms with Gasteiger partial charge in [-0.3, -0.25) is 4.79 Å². The fourth-order valence-corrected chi connectivity index (χ4v) is 6.80. The Morgan fingerprint density at radius 3 is 2.59 bits per heavy atom. The Morgan fingerprint density at radius 1 is 1.16 bits per heavy atom. The van der Waals surface area contributed by atoms with Crippen LogP contribution in [-0.4, -0.2) is 54.3 Å². The zero-order chi connectivity index (χ0) is 22.7. The Balaban J connectivity index is 1.43. The van der Waals surface area contributed by atoms with E-state index in [0.29, 0.717) is 30.4 Å². The van der Waals surface area contributed by atoms with Crippen molar-refractivity contribution in [3.05, 3.63) is 58.6 Å². The molecule has 0 spiro atoms. The van der Waals surface area contributed by atoms with Gasteiger partial charge in [0, 0.05) is 61.5 Å². The molecule has 32 heavy (non-hydrogen) atoms. The zero-order valence-electron chi connectivity index (χ0n) is 17.1. The first kappa shape index (κ1) is 22.6. The van der Waals surface area contributed by atoms with Crippen molar-refractivity contribution in [3.8, 4) is 6.07 Å². The highest BCUT2D eigenvalue weighted by Crippen LogP contribution is 2.28.